The number of amides is 1. The average molecular weight is 187 g/mol. The Morgan fingerprint density at radius 3 is 2.46 bits per heavy atom. The van der Waals surface area contributed by atoms with Crippen LogP contribution in [0.3, 0.4) is 0 Å². The predicted octanol–water partition coefficient (Wildman–Crippen LogP) is -0.819. The zero-order valence-corrected chi connectivity index (χ0v) is 8.09. The third-order valence-corrected chi connectivity index (χ3v) is 1.78. The van der Waals surface area contributed by atoms with Gasteiger partial charge in [-0.25, -0.2) is 5.84 Å². The van der Waals surface area contributed by atoms with E-state index in [9.17, 15) is 9.59 Å². The number of hydrogen-bond acceptors (Lipinski definition) is 4. The number of nitrogens with two attached hydrogens (primary N) is 1. The molecule has 1 atom stereocenters. The molecule has 76 valence electrons. The second-order valence-electron chi connectivity index (χ2n) is 2.85. The maximum Gasteiger partial charge on any atom is 0.244 e. The Balaban J connectivity index is 4.22. The quantitative estimate of drug-likeness (QED) is 0.219. The highest BCUT2D eigenvalue weighted by atomic mass is 16.2. The summed E-state index contributed by atoms with van der Waals surface area (Å²) in [6.45, 7) is 2.13. The summed E-state index contributed by atoms with van der Waals surface area (Å²) in [6.07, 6.45) is 1.33. The Morgan fingerprint density at radius 1 is 1.46 bits per heavy atom. The number of carbonyl (C=O) groups excluding carboxylic acids is 2. The molecule has 1 unspecified atom stereocenters. The fourth-order valence-electron chi connectivity index (χ4n) is 1.12. The number of Topliss-reactive ketones (excluding diaryl/α,β-unsaturated/α-hetero) is 1. The summed E-state index contributed by atoms with van der Waals surface area (Å²) < 4.78 is 0. The molecule has 0 aliphatic heterocycles. The van der Waals surface area contributed by atoms with Gasteiger partial charge in [0.05, 0.1) is 12.5 Å². The maximum atomic E-state index is 11.4. The molecule has 0 aliphatic rings. The molecule has 0 aromatic carbocycles. The molecule has 0 aromatic heterocycles. The van der Waals surface area contributed by atoms with Gasteiger partial charge in [0.25, 0.3) is 0 Å². The van der Waals surface area contributed by atoms with Crippen molar-refractivity contribution < 1.29 is 9.59 Å². The summed E-state index contributed by atoms with van der Waals surface area (Å²) in [5.74, 6) is 3.84. The smallest absolute Gasteiger partial charge is 0.244 e. The van der Waals surface area contributed by atoms with E-state index >= 15 is 0 Å². The summed E-state index contributed by atoms with van der Waals surface area (Å²) in [7, 11) is 1.67. The van der Waals surface area contributed by atoms with Crippen LogP contribution in [-0.2, 0) is 9.59 Å². The van der Waals surface area contributed by atoms with Gasteiger partial charge in [0.15, 0.2) is 5.78 Å². The molecule has 0 radical (unpaired) electrons. The van der Waals surface area contributed by atoms with Crippen molar-refractivity contribution in [3.05, 3.63) is 0 Å². The highest BCUT2D eigenvalue weighted by molar-refractivity contribution is 6.01. The number of rotatable bonds is 6. The predicted molar refractivity (Wildman–Crippen MR) is 49.7 cm³/mol. The fourth-order valence-corrected chi connectivity index (χ4v) is 1.12. The van der Waals surface area contributed by atoms with Gasteiger partial charge in [-0.05, 0) is 13.5 Å². The second-order valence-corrected chi connectivity index (χ2v) is 2.85. The van der Waals surface area contributed by atoms with Gasteiger partial charge < -0.3 is 5.32 Å². The Morgan fingerprint density at radius 2 is 2.08 bits per heavy atom. The molecule has 0 spiro atoms. The topological polar surface area (TPSA) is 84.2 Å². The number of likely N-dealkylation sites (N-methyl/N-ethyl adjacent to an activating group) is 1. The standard InChI is InChI=1S/C8H17N3O2/c1-3-4-6(8(13)11-9)7(12)5-10-2/h6,10H,3-5,9H2,1-2H3,(H,11,13). The van der Waals surface area contributed by atoms with Crippen LogP contribution in [0.4, 0.5) is 0 Å². The van der Waals surface area contributed by atoms with Gasteiger partial charge >= 0.3 is 0 Å². The van der Waals surface area contributed by atoms with E-state index in [1.54, 1.807) is 7.05 Å². The van der Waals surface area contributed by atoms with E-state index in [1.807, 2.05) is 12.3 Å². The normalized spacial score (nSPS) is 12.2. The molecule has 1 amide bonds. The number of carbonyl (C=O) groups is 2. The molecule has 5 heteroatoms. The first-order valence-electron chi connectivity index (χ1n) is 4.35. The molecule has 13 heavy (non-hydrogen) atoms. The zero-order chi connectivity index (χ0) is 10.3. The lowest BCUT2D eigenvalue weighted by Crippen LogP contribution is -2.41. The van der Waals surface area contributed by atoms with Gasteiger partial charge in [-0.1, -0.05) is 13.3 Å². The van der Waals surface area contributed by atoms with Crippen LogP contribution in [0.2, 0.25) is 0 Å². The van der Waals surface area contributed by atoms with Crippen LogP contribution >= 0.6 is 0 Å². The highest BCUT2D eigenvalue weighted by Gasteiger charge is 2.23. The van der Waals surface area contributed by atoms with Crippen molar-refractivity contribution in [2.75, 3.05) is 13.6 Å². The van der Waals surface area contributed by atoms with Crippen LogP contribution in [0.25, 0.3) is 0 Å². The van der Waals surface area contributed by atoms with E-state index in [0.717, 1.165) is 6.42 Å². The van der Waals surface area contributed by atoms with Crippen molar-refractivity contribution in [3.8, 4) is 0 Å². The third kappa shape index (κ3) is 4.00. The minimum Gasteiger partial charge on any atom is -0.313 e. The maximum absolute atomic E-state index is 11.4. The fraction of sp³-hybridized carbons (Fsp3) is 0.750. The van der Waals surface area contributed by atoms with Crippen LogP contribution < -0.4 is 16.6 Å². The second kappa shape index (κ2) is 6.56. The molecule has 0 fully saturated rings. The molecule has 0 rings (SSSR count). The summed E-state index contributed by atoms with van der Waals surface area (Å²) in [5.41, 5.74) is 2.00. The summed E-state index contributed by atoms with van der Waals surface area (Å²) >= 11 is 0. The average Bonchev–Trinajstić information content (AvgIpc) is 2.13. The SMILES string of the molecule is CCCC(C(=O)CNC)C(=O)NN. The van der Waals surface area contributed by atoms with E-state index < -0.39 is 11.8 Å². The van der Waals surface area contributed by atoms with Crippen molar-refractivity contribution in [1.82, 2.24) is 10.7 Å². The Hall–Kier alpha value is -0.940. The van der Waals surface area contributed by atoms with Crippen molar-refractivity contribution in [3.63, 3.8) is 0 Å². The molecule has 5 nitrogen and oxygen atoms in total. The van der Waals surface area contributed by atoms with Gasteiger partial charge in [-0.2, -0.15) is 0 Å². The summed E-state index contributed by atoms with van der Waals surface area (Å²) in [5, 5.41) is 2.71. The zero-order valence-electron chi connectivity index (χ0n) is 8.09. The van der Waals surface area contributed by atoms with Crippen LogP contribution in [-0.4, -0.2) is 25.3 Å². The lowest BCUT2D eigenvalue weighted by molar-refractivity contribution is -0.133. The minimum atomic E-state index is -0.609. The van der Waals surface area contributed by atoms with E-state index in [2.05, 4.69) is 5.32 Å². The lowest BCUT2D eigenvalue weighted by atomic mass is 9.98. The minimum absolute atomic E-state index is 0.118. The van der Waals surface area contributed by atoms with E-state index in [0.29, 0.717) is 6.42 Å². The van der Waals surface area contributed by atoms with Gasteiger partial charge in [0.2, 0.25) is 5.91 Å². The van der Waals surface area contributed by atoms with Gasteiger partial charge in [-0.3, -0.25) is 15.0 Å². The van der Waals surface area contributed by atoms with Gasteiger partial charge in [0, 0.05) is 0 Å². The summed E-state index contributed by atoms with van der Waals surface area (Å²) in [6, 6.07) is 0. The molecule has 0 aromatic rings. The molecule has 0 saturated carbocycles. The van der Waals surface area contributed by atoms with Crippen LogP contribution in [0, 0.1) is 5.92 Å². The lowest BCUT2D eigenvalue weighted by Gasteiger charge is -2.12. The van der Waals surface area contributed by atoms with Crippen molar-refractivity contribution >= 4 is 11.7 Å². The molecule has 0 saturated heterocycles. The first kappa shape index (κ1) is 12.1. The van der Waals surface area contributed by atoms with Crippen molar-refractivity contribution in [2.24, 2.45) is 11.8 Å². The number of hydrazine groups is 1. The van der Waals surface area contributed by atoms with Crippen LogP contribution in [0.1, 0.15) is 19.8 Å². The highest BCUT2D eigenvalue weighted by Crippen LogP contribution is 2.07. The molecule has 0 aliphatic carbocycles. The molecular weight excluding hydrogens is 170 g/mol. The monoisotopic (exact) mass is 187 g/mol. The van der Waals surface area contributed by atoms with E-state index in [-0.39, 0.29) is 12.3 Å². The van der Waals surface area contributed by atoms with Crippen molar-refractivity contribution in [1.29, 1.82) is 0 Å². The van der Waals surface area contributed by atoms with Crippen LogP contribution in [0.5, 0.6) is 0 Å². The van der Waals surface area contributed by atoms with Gasteiger partial charge in [0.1, 0.15) is 0 Å². The Labute approximate surface area is 78.0 Å². The third-order valence-electron chi connectivity index (χ3n) is 1.78. The summed E-state index contributed by atoms with van der Waals surface area (Å²) in [4.78, 5) is 22.5. The molecule has 4 N–H and O–H groups in total. The van der Waals surface area contributed by atoms with E-state index in [4.69, 9.17) is 5.84 Å². The molecule has 0 heterocycles. The molecular formula is C8H17N3O2. The number of hydrogen-bond donors (Lipinski definition) is 3. The van der Waals surface area contributed by atoms with Gasteiger partial charge in [-0.15, -0.1) is 0 Å². The number of nitrogens with one attached hydrogen (secondary N) is 2. The van der Waals surface area contributed by atoms with Crippen LogP contribution in [0.15, 0.2) is 0 Å². The molecule has 0 bridgehead atoms. The Bertz CT molecular complexity index is 182. The Kier molecular flexibility index (Phi) is 6.09. The largest absolute Gasteiger partial charge is 0.313 e. The number of ketones is 1. The first-order valence-corrected chi connectivity index (χ1v) is 4.35. The first-order chi connectivity index (χ1) is 6.17. The van der Waals surface area contributed by atoms with E-state index in [1.165, 1.54) is 0 Å². The van der Waals surface area contributed by atoms with Crippen molar-refractivity contribution in [2.45, 2.75) is 19.8 Å².